The van der Waals surface area contributed by atoms with Gasteiger partial charge < -0.3 is 10.1 Å². The van der Waals surface area contributed by atoms with E-state index in [0.717, 1.165) is 31.8 Å². The van der Waals surface area contributed by atoms with Gasteiger partial charge in [0.05, 0.1) is 12.7 Å². The summed E-state index contributed by atoms with van der Waals surface area (Å²) in [4.78, 5) is 2.09. The number of hydrogen-bond acceptors (Lipinski definition) is 3. The summed E-state index contributed by atoms with van der Waals surface area (Å²) in [6, 6.07) is 6.91. The number of morpholine rings is 1. The molecule has 94 valence electrons. The smallest absolute Gasteiger partial charge is 0.127 e. The molecule has 4 heteroatoms. The summed E-state index contributed by atoms with van der Waals surface area (Å²) >= 11 is 0. The average molecular weight is 238 g/mol. The van der Waals surface area contributed by atoms with Crippen molar-refractivity contribution in [2.24, 2.45) is 0 Å². The van der Waals surface area contributed by atoms with E-state index in [1.807, 2.05) is 19.2 Å². The molecule has 1 atom stereocenters. The third-order valence-corrected chi connectivity index (χ3v) is 2.92. The Kier molecular flexibility index (Phi) is 4.48. The molecule has 1 unspecified atom stereocenters. The van der Waals surface area contributed by atoms with Gasteiger partial charge in [0.2, 0.25) is 0 Å². The average Bonchev–Trinajstić information content (AvgIpc) is 2.33. The Morgan fingerprint density at radius 1 is 1.47 bits per heavy atom. The summed E-state index contributed by atoms with van der Waals surface area (Å²) in [5, 5.41) is 3.29. The normalized spacial score (nSPS) is 20.8. The Balaban J connectivity index is 1.84. The molecule has 0 saturated carbocycles. The van der Waals surface area contributed by atoms with Crippen molar-refractivity contribution in [3.8, 4) is 0 Å². The first-order valence-corrected chi connectivity index (χ1v) is 6.00. The topological polar surface area (TPSA) is 24.5 Å². The SMILES string of the molecule is CN(Cc1ccccc1F)CC1CNCCO1. The fourth-order valence-electron chi connectivity index (χ4n) is 2.07. The van der Waals surface area contributed by atoms with Crippen LogP contribution in [0.2, 0.25) is 0 Å². The highest BCUT2D eigenvalue weighted by Crippen LogP contribution is 2.09. The largest absolute Gasteiger partial charge is 0.374 e. The molecular weight excluding hydrogens is 219 g/mol. The van der Waals surface area contributed by atoms with Crippen LogP contribution in [0.5, 0.6) is 0 Å². The van der Waals surface area contributed by atoms with Crippen LogP contribution in [-0.2, 0) is 11.3 Å². The van der Waals surface area contributed by atoms with Crippen LogP contribution in [-0.4, -0.2) is 44.3 Å². The van der Waals surface area contributed by atoms with Gasteiger partial charge in [0, 0.05) is 31.7 Å². The monoisotopic (exact) mass is 238 g/mol. The van der Waals surface area contributed by atoms with Gasteiger partial charge in [0.1, 0.15) is 5.82 Å². The minimum atomic E-state index is -0.137. The fourth-order valence-corrected chi connectivity index (χ4v) is 2.07. The van der Waals surface area contributed by atoms with E-state index >= 15 is 0 Å². The number of nitrogens with one attached hydrogen (secondary N) is 1. The van der Waals surface area contributed by atoms with Crippen LogP contribution < -0.4 is 5.32 Å². The number of benzene rings is 1. The lowest BCUT2D eigenvalue weighted by atomic mass is 10.2. The van der Waals surface area contributed by atoms with Crippen LogP contribution in [0.25, 0.3) is 0 Å². The molecule has 0 radical (unpaired) electrons. The van der Waals surface area contributed by atoms with Gasteiger partial charge in [-0.3, -0.25) is 4.90 Å². The minimum absolute atomic E-state index is 0.137. The van der Waals surface area contributed by atoms with Crippen molar-refractivity contribution in [1.29, 1.82) is 0 Å². The molecule has 1 aromatic rings. The van der Waals surface area contributed by atoms with Gasteiger partial charge in [-0.25, -0.2) is 4.39 Å². The Morgan fingerprint density at radius 3 is 3.00 bits per heavy atom. The highest BCUT2D eigenvalue weighted by molar-refractivity contribution is 5.16. The zero-order valence-electron chi connectivity index (χ0n) is 10.2. The van der Waals surface area contributed by atoms with Crippen molar-refractivity contribution in [2.45, 2.75) is 12.6 Å². The molecule has 2 rings (SSSR count). The summed E-state index contributed by atoms with van der Waals surface area (Å²) < 4.78 is 19.1. The number of rotatable bonds is 4. The number of hydrogen-bond donors (Lipinski definition) is 1. The van der Waals surface area contributed by atoms with Gasteiger partial charge >= 0.3 is 0 Å². The van der Waals surface area contributed by atoms with E-state index in [0.29, 0.717) is 6.54 Å². The molecule has 0 aliphatic carbocycles. The molecule has 0 aromatic heterocycles. The van der Waals surface area contributed by atoms with Gasteiger partial charge in [-0.1, -0.05) is 18.2 Å². The third kappa shape index (κ3) is 3.77. The predicted molar refractivity (Wildman–Crippen MR) is 65.3 cm³/mol. The van der Waals surface area contributed by atoms with E-state index in [1.165, 1.54) is 6.07 Å². The van der Waals surface area contributed by atoms with Crippen molar-refractivity contribution < 1.29 is 9.13 Å². The Bertz CT molecular complexity index is 353. The Hall–Kier alpha value is -0.970. The van der Waals surface area contributed by atoms with E-state index in [2.05, 4.69) is 10.2 Å². The Labute approximate surface area is 102 Å². The number of nitrogens with zero attached hydrogens (tertiary/aromatic N) is 1. The maximum atomic E-state index is 13.5. The van der Waals surface area contributed by atoms with E-state index in [9.17, 15) is 4.39 Å². The number of likely N-dealkylation sites (N-methyl/N-ethyl adjacent to an activating group) is 1. The molecule has 1 aliphatic heterocycles. The van der Waals surface area contributed by atoms with Gasteiger partial charge in [0.25, 0.3) is 0 Å². The van der Waals surface area contributed by atoms with Gasteiger partial charge in [-0.15, -0.1) is 0 Å². The van der Waals surface area contributed by atoms with Crippen LogP contribution in [0.1, 0.15) is 5.56 Å². The summed E-state index contributed by atoms with van der Waals surface area (Å²) in [5.41, 5.74) is 0.735. The van der Waals surface area contributed by atoms with Crippen molar-refractivity contribution >= 4 is 0 Å². The van der Waals surface area contributed by atoms with Crippen molar-refractivity contribution in [3.05, 3.63) is 35.6 Å². The molecule has 1 fully saturated rings. The van der Waals surface area contributed by atoms with E-state index < -0.39 is 0 Å². The minimum Gasteiger partial charge on any atom is -0.374 e. The second kappa shape index (κ2) is 6.10. The number of halogens is 1. The molecular formula is C13H19FN2O. The highest BCUT2D eigenvalue weighted by atomic mass is 19.1. The fraction of sp³-hybridized carbons (Fsp3) is 0.538. The zero-order chi connectivity index (χ0) is 12.1. The lowest BCUT2D eigenvalue weighted by Gasteiger charge is -2.28. The van der Waals surface area contributed by atoms with E-state index in [4.69, 9.17) is 4.74 Å². The Morgan fingerprint density at radius 2 is 2.29 bits per heavy atom. The predicted octanol–water partition coefficient (Wildman–Crippen LogP) is 1.25. The summed E-state index contributed by atoms with van der Waals surface area (Å²) in [6.07, 6.45) is 0.209. The first-order chi connectivity index (χ1) is 8.25. The number of ether oxygens (including phenoxy) is 1. The van der Waals surface area contributed by atoms with Crippen LogP contribution in [0.4, 0.5) is 4.39 Å². The van der Waals surface area contributed by atoms with Gasteiger partial charge in [0.15, 0.2) is 0 Å². The molecule has 0 spiro atoms. The van der Waals surface area contributed by atoms with Crippen LogP contribution in [0.15, 0.2) is 24.3 Å². The van der Waals surface area contributed by atoms with Crippen molar-refractivity contribution in [3.63, 3.8) is 0 Å². The molecule has 0 bridgehead atoms. The van der Waals surface area contributed by atoms with Crippen LogP contribution in [0, 0.1) is 5.82 Å². The van der Waals surface area contributed by atoms with Gasteiger partial charge in [-0.2, -0.15) is 0 Å². The quantitative estimate of drug-likeness (QED) is 0.854. The van der Waals surface area contributed by atoms with Crippen LogP contribution in [0.3, 0.4) is 0 Å². The zero-order valence-corrected chi connectivity index (χ0v) is 10.2. The summed E-state index contributed by atoms with van der Waals surface area (Å²) in [7, 11) is 1.99. The molecule has 1 aromatic carbocycles. The molecule has 0 amide bonds. The maximum Gasteiger partial charge on any atom is 0.127 e. The molecule has 3 nitrogen and oxygen atoms in total. The maximum absolute atomic E-state index is 13.5. The highest BCUT2D eigenvalue weighted by Gasteiger charge is 2.16. The van der Waals surface area contributed by atoms with Crippen molar-refractivity contribution in [2.75, 3.05) is 33.3 Å². The first-order valence-electron chi connectivity index (χ1n) is 6.00. The van der Waals surface area contributed by atoms with Crippen molar-refractivity contribution in [1.82, 2.24) is 10.2 Å². The molecule has 17 heavy (non-hydrogen) atoms. The third-order valence-electron chi connectivity index (χ3n) is 2.92. The molecule has 1 aliphatic rings. The standard InChI is InChI=1S/C13H19FN2O/c1-16(10-12-8-15-6-7-17-12)9-11-4-2-3-5-13(11)14/h2-5,12,15H,6-10H2,1H3. The second-order valence-electron chi connectivity index (χ2n) is 4.49. The van der Waals surface area contributed by atoms with E-state index in [1.54, 1.807) is 6.07 Å². The second-order valence-corrected chi connectivity index (χ2v) is 4.49. The summed E-state index contributed by atoms with van der Waals surface area (Å²) in [6.45, 7) is 4.00. The van der Waals surface area contributed by atoms with E-state index in [-0.39, 0.29) is 11.9 Å². The van der Waals surface area contributed by atoms with Crippen LogP contribution >= 0.6 is 0 Å². The summed E-state index contributed by atoms with van der Waals surface area (Å²) in [5.74, 6) is -0.137. The lowest BCUT2D eigenvalue weighted by molar-refractivity contribution is 0.00870. The molecule has 1 saturated heterocycles. The lowest BCUT2D eigenvalue weighted by Crippen LogP contribution is -2.44. The van der Waals surface area contributed by atoms with Gasteiger partial charge in [-0.05, 0) is 13.1 Å². The molecule has 1 heterocycles. The first kappa shape index (κ1) is 12.5. The molecule has 1 N–H and O–H groups in total.